The number of thiophene rings is 1. The first-order valence-electron chi connectivity index (χ1n) is 12.1. The standard InChI is InChI=1S/C27H33N3OS2/c1-18(2)14-15-28-27(31)30-17-22-21-7-4-5-9-24(21)33-26(22)29-16-6-8-23(29)25(30)19-10-12-20(32-3)13-11-19/h6,8,10-13,16,18,25H,4-5,7,9,14-15,17H2,1-3H3,(H,28,31)/t25-/m1/s1. The highest BCUT2D eigenvalue weighted by molar-refractivity contribution is 7.98. The number of carbonyl (C=O) groups is 1. The largest absolute Gasteiger partial charge is 0.338 e. The number of aryl methyl sites for hydroxylation is 1. The van der Waals surface area contributed by atoms with Gasteiger partial charge in [-0.2, -0.15) is 0 Å². The summed E-state index contributed by atoms with van der Waals surface area (Å²) >= 11 is 3.69. The molecule has 33 heavy (non-hydrogen) atoms. The Labute approximate surface area is 205 Å². The lowest BCUT2D eigenvalue weighted by Crippen LogP contribution is -2.42. The summed E-state index contributed by atoms with van der Waals surface area (Å²) in [6.45, 7) is 5.77. The number of hydrogen-bond acceptors (Lipinski definition) is 3. The molecule has 2 aliphatic rings. The highest BCUT2D eigenvalue weighted by Crippen LogP contribution is 2.44. The van der Waals surface area contributed by atoms with E-state index in [0.29, 0.717) is 19.0 Å². The molecule has 1 aliphatic carbocycles. The molecule has 6 heteroatoms. The van der Waals surface area contributed by atoms with Gasteiger partial charge in [-0.1, -0.05) is 26.0 Å². The van der Waals surface area contributed by atoms with Crippen LogP contribution < -0.4 is 5.32 Å². The van der Waals surface area contributed by atoms with Gasteiger partial charge in [-0.15, -0.1) is 23.1 Å². The van der Waals surface area contributed by atoms with Crippen LogP contribution in [0.25, 0.3) is 5.00 Å². The van der Waals surface area contributed by atoms with Gasteiger partial charge in [-0.3, -0.25) is 0 Å². The first-order chi connectivity index (χ1) is 16.1. The predicted octanol–water partition coefficient (Wildman–Crippen LogP) is 6.80. The first-order valence-corrected chi connectivity index (χ1v) is 14.1. The Hall–Kier alpha value is -2.18. The van der Waals surface area contributed by atoms with Crippen LogP contribution in [0.3, 0.4) is 0 Å². The molecular weight excluding hydrogens is 446 g/mol. The number of aromatic nitrogens is 1. The highest BCUT2D eigenvalue weighted by Gasteiger charge is 2.35. The number of hydrogen-bond donors (Lipinski definition) is 1. The Morgan fingerprint density at radius 1 is 1.15 bits per heavy atom. The van der Waals surface area contributed by atoms with Gasteiger partial charge >= 0.3 is 6.03 Å². The van der Waals surface area contributed by atoms with Crippen LogP contribution in [0.2, 0.25) is 0 Å². The summed E-state index contributed by atoms with van der Waals surface area (Å²) in [5.41, 5.74) is 5.19. The average molecular weight is 480 g/mol. The summed E-state index contributed by atoms with van der Waals surface area (Å²) < 4.78 is 2.35. The maximum absolute atomic E-state index is 13.7. The summed E-state index contributed by atoms with van der Waals surface area (Å²) in [5, 5.41) is 4.55. The Kier molecular flexibility index (Phi) is 6.57. The van der Waals surface area contributed by atoms with Gasteiger partial charge in [0.25, 0.3) is 0 Å². The molecule has 0 saturated heterocycles. The molecule has 1 N–H and O–H groups in total. The van der Waals surface area contributed by atoms with Crippen LogP contribution in [-0.4, -0.2) is 28.3 Å². The smallest absolute Gasteiger partial charge is 0.318 e. The number of carbonyl (C=O) groups excluding carboxylic acids is 1. The van der Waals surface area contributed by atoms with Gasteiger partial charge in [0, 0.05) is 28.1 Å². The summed E-state index contributed by atoms with van der Waals surface area (Å²) in [5.74, 6) is 0.567. The van der Waals surface area contributed by atoms with Crippen LogP contribution in [0.15, 0.2) is 47.5 Å². The molecule has 2 aromatic heterocycles. The van der Waals surface area contributed by atoms with E-state index >= 15 is 0 Å². The molecule has 0 unspecified atom stereocenters. The lowest BCUT2D eigenvalue weighted by atomic mass is 9.95. The van der Waals surface area contributed by atoms with E-state index in [-0.39, 0.29) is 12.1 Å². The molecule has 4 nitrogen and oxygen atoms in total. The Bertz CT molecular complexity index is 1130. The first kappa shape index (κ1) is 22.6. The molecule has 0 spiro atoms. The zero-order valence-electron chi connectivity index (χ0n) is 19.8. The quantitative estimate of drug-likeness (QED) is 0.409. The summed E-state index contributed by atoms with van der Waals surface area (Å²) in [4.78, 5) is 18.5. The topological polar surface area (TPSA) is 37.3 Å². The van der Waals surface area contributed by atoms with Gasteiger partial charge < -0.3 is 14.8 Å². The van der Waals surface area contributed by atoms with Gasteiger partial charge in [-0.05, 0) is 79.7 Å². The number of thioether (sulfide) groups is 1. The number of nitrogens with zero attached hydrogens (tertiary/aromatic N) is 2. The van der Waals surface area contributed by atoms with E-state index in [1.807, 2.05) is 11.3 Å². The normalized spacial score (nSPS) is 17.3. The van der Waals surface area contributed by atoms with Crippen molar-refractivity contribution in [1.29, 1.82) is 0 Å². The number of amides is 2. The molecular formula is C27H33N3OS2. The zero-order chi connectivity index (χ0) is 22.9. The molecule has 0 bridgehead atoms. The molecule has 3 aromatic rings. The molecule has 1 aliphatic heterocycles. The maximum atomic E-state index is 13.7. The molecule has 2 amide bonds. The van der Waals surface area contributed by atoms with Crippen LogP contribution in [0.1, 0.15) is 66.4 Å². The van der Waals surface area contributed by atoms with Gasteiger partial charge in [-0.25, -0.2) is 4.79 Å². The van der Waals surface area contributed by atoms with Crippen molar-refractivity contribution < 1.29 is 4.79 Å². The lowest BCUT2D eigenvalue weighted by Gasteiger charge is -2.31. The van der Waals surface area contributed by atoms with Crippen molar-refractivity contribution in [3.63, 3.8) is 0 Å². The van der Waals surface area contributed by atoms with Crippen molar-refractivity contribution in [1.82, 2.24) is 14.8 Å². The van der Waals surface area contributed by atoms with Crippen LogP contribution >= 0.6 is 23.1 Å². The fourth-order valence-corrected chi connectivity index (χ4v) is 6.91. The monoisotopic (exact) mass is 479 g/mol. The minimum absolute atomic E-state index is 0.0333. The van der Waals surface area contributed by atoms with E-state index < -0.39 is 0 Å². The molecule has 1 atom stereocenters. The van der Waals surface area contributed by atoms with Gasteiger partial charge in [0.2, 0.25) is 0 Å². The second kappa shape index (κ2) is 9.59. The molecule has 1 aromatic carbocycles. The number of fused-ring (bicyclic) bond motifs is 5. The van der Waals surface area contributed by atoms with E-state index in [2.05, 4.69) is 77.5 Å². The van der Waals surface area contributed by atoms with Gasteiger partial charge in [0.15, 0.2) is 0 Å². The summed E-state index contributed by atoms with van der Waals surface area (Å²) in [7, 11) is 0. The third kappa shape index (κ3) is 4.35. The highest BCUT2D eigenvalue weighted by atomic mass is 32.2. The van der Waals surface area contributed by atoms with E-state index in [4.69, 9.17) is 0 Å². The van der Waals surface area contributed by atoms with Crippen molar-refractivity contribution in [2.24, 2.45) is 5.92 Å². The Morgan fingerprint density at radius 2 is 1.94 bits per heavy atom. The van der Waals surface area contributed by atoms with Crippen molar-refractivity contribution in [3.8, 4) is 5.00 Å². The van der Waals surface area contributed by atoms with Crippen LogP contribution in [-0.2, 0) is 19.4 Å². The number of nitrogens with one attached hydrogen (secondary N) is 1. The fourth-order valence-electron chi connectivity index (χ4n) is 5.09. The van der Waals surface area contributed by atoms with E-state index in [9.17, 15) is 4.79 Å². The fraction of sp³-hybridized carbons (Fsp3) is 0.444. The zero-order valence-corrected chi connectivity index (χ0v) is 21.4. The average Bonchev–Trinajstić information content (AvgIpc) is 3.41. The summed E-state index contributed by atoms with van der Waals surface area (Å²) in [6.07, 6.45) is 10.1. The van der Waals surface area contributed by atoms with E-state index in [0.717, 1.165) is 18.4 Å². The summed E-state index contributed by atoms with van der Waals surface area (Å²) in [6, 6.07) is 13.0. The second-order valence-corrected chi connectivity index (χ2v) is 11.5. The van der Waals surface area contributed by atoms with Crippen LogP contribution in [0.4, 0.5) is 4.79 Å². The number of rotatable bonds is 5. The van der Waals surface area contributed by atoms with Gasteiger partial charge in [0.1, 0.15) is 5.00 Å². The number of benzene rings is 1. The minimum atomic E-state index is -0.117. The van der Waals surface area contributed by atoms with E-state index in [1.165, 1.54) is 50.9 Å². The van der Waals surface area contributed by atoms with E-state index in [1.54, 1.807) is 11.8 Å². The maximum Gasteiger partial charge on any atom is 0.318 e. The van der Waals surface area contributed by atoms with Crippen molar-refractivity contribution in [2.75, 3.05) is 12.8 Å². The number of urea groups is 1. The Balaban J connectivity index is 1.60. The molecule has 0 radical (unpaired) electrons. The van der Waals surface area contributed by atoms with Crippen molar-refractivity contribution >= 4 is 29.1 Å². The third-order valence-electron chi connectivity index (χ3n) is 6.87. The molecule has 174 valence electrons. The second-order valence-electron chi connectivity index (χ2n) is 9.52. The van der Waals surface area contributed by atoms with Crippen LogP contribution in [0.5, 0.6) is 0 Å². The SMILES string of the molecule is CSc1ccc([C@@H]2c3cccn3-c3sc4c(c3CN2C(=O)NCCC(C)C)CCCC4)cc1. The Morgan fingerprint density at radius 3 is 2.70 bits per heavy atom. The minimum Gasteiger partial charge on any atom is -0.338 e. The molecule has 5 rings (SSSR count). The lowest BCUT2D eigenvalue weighted by molar-refractivity contribution is 0.180. The third-order valence-corrected chi connectivity index (χ3v) is 8.95. The molecule has 3 heterocycles. The molecule has 0 fully saturated rings. The van der Waals surface area contributed by atoms with Crippen LogP contribution in [0, 0.1) is 5.92 Å². The molecule has 0 saturated carbocycles. The van der Waals surface area contributed by atoms with Gasteiger partial charge in [0.05, 0.1) is 18.3 Å². The predicted molar refractivity (Wildman–Crippen MR) is 139 cm³/mol. The van der Waals surface area contributed by atoms with Crippen molar-refractivity contribution in [3.05, 3.63) is 69.9 Å². The van der Waals surface area contributed by atoms with Crippen molar-refractivity contribution in [2.45, 2.75) is 63.4 Å².